The molecule has 1 amide bonds. The minimum absolute atomic E-state index is 0.230. The Hall–Kier alpha value is -3.99. The van der Waals surface area contributed by atoms with Gasteiger partial charge in [-0.05, 0) is 5.56 Å². The number of esters is 1. The standard InChI is InChI=1S/C27H26N2O3/c1-3-23(20-13-7-4-8-14-20)26(27(31)28-19-24(30)32-2)29-25(21-15-9-5-10-16-21)22-17-11-6-12-18-22/h3-18,23,26H,1,19H2,2H3,(H,28,31)/t23-,26-/m0/s1. The van der Waals surface area contributed by atoms with E-state index in [4.69, 9.17) is 4.99 Å². The third-order valence-corrected chi connectivity index (χ3v) is 5.04. The number of hydrogen-bond acceptors (Lipinski definition) is 4. The molecule has 0 unspecified atom stereocenters. The van der Waals surface area contributed by atoms with Crippen molar-refractivity contribution < 1.29 is 14.3 Å². The van der Waals surface area contributed by atoms with Crippen LogP contribution in [-0.4, -0.2) is 37.3 Å². The summed E-state index contributed by atoms with van der Waals surface area (Å²) in [5, 5.41) is 2.66. The molecular formula is C27H26N2O3. The van der Waals surface area contributed by atoms with Crippen molar-refractivity contribution in [1.82, 2.24) is 5.32 Å². The number of aliphatic imine (C=N–C) groups is 1. The molecule has 0 saturated heterocycles. The molecule has 0 aliphatic heterocycles. The monoisotopic (exact) mass is 426 g/mol. The second kappa shape index (κ2) is 11.4. The van der Waals surface area contributed by atoms with Gasteiger partial charge < -0.3 is 10.1 Å². The summed E-state index contributed by atoms with van der Waals surface area (Å²) in [6.45, 7) is 3.73. The maximum atomic E-state index is 13.3. The van der Waals surface area contributed by atoms with Crippen LogP contribution in [-0.2, 0) is 14.3 Å². The molecule has 0 aliphatic rings. The second-order valence-corrected chi connectivity index (χ2v) is 7.12. The Morgan fingerprint density at radius 2 is 1.41 bits per heavy atom. The number of nitrogens with zero attached hydrogens (tertiary/aromatic N) is 1. The van der Waals surface area contributed by atoms with Crippen molar-refractivity contribution in [2.45, 2.75) is 12.0 Å². The van der Waals surface area contributed by atoms with E-state index < -0.39 is 17.9 Å². The third-order valence-electron chi connectivity index (χ3n) is 5.04. The van der Waals surface area contributed by atoms with Crippen molar-refractivity contribution in [2.24, 2.45) is 4.99 Å². The number of rotatable bonds is 9. The lowest BCUT2D eigenvalue weighted by Crippen LogP contribution is -2.40. The van der Waals surface area contributed by atoms with Gasteiger partial charge in [0, 0.05) is 17.0 Å². The van der Waals surface area contributed by atoms with Crippen molar-refractivity contribution in [3.05, 3.63) is 120 Å². The number of nitrogens with one attached hydrogen (secondary N) is 1. The summed E-state index contributed by atoms with van der Waals surface area (Å²) in [6.07, 6.45) is 1.72. The zero-order chi connectivity index (χ0) is 22.8. The largest absolute Gasteiger partial charge is 0.468 e. The summed E-state index contributed by atoms with van der Waals surface area (Å²) < 4.78 is 4.66. The molecule has 1 N–H and O–H groups in total. The first-order chi connectivity index (χ1) is 15.6. The highest BCUT2D eigenvalue weighted by molar-refractivity contribution is 6.13. The fraction of sp³-hybridized carbons (Fsp3) is 0.148. The van der Waals surface area contributed by atoms with Gasteiger partial charge in [0.2, 0.25) is 5.91 Å². The van der Waals surface area contributed by atoms with Gasteiger partial charge in [0.05, 0.1) is 12.8 Å². The van der Waals surface area contributed by atoms with E-state index in [1.807, 2.05) is 91.0 Å². The fourth-order valence-electron chi connectivity index (χ4n) is 3.41. The summed E-state index contributed by atoms with van der Waals surface area (Å²) in [7, 11) is 1.28. The molecule has 0 fully saturated rings. The highest BCUT2D eigenvalue weighted by atomic mass is 16.5. The van der Waals surface area contributed by atoms with Crippen LogP contribution in [0, 0.1) is 0 Å². The Morgan fingerprint density at radius 3 is 1.88 bits per heavy atom. The smallest absolute Gasteiger partial charge is 0.325 e. The Morgan fingerprint density at radius 1 is 0.906 bits per heavy atom. The molecular weight excluding hydrogens is 400 g/mol. The lowest BCUT2D eigenvalue weighted by Gasteiger charge is -2.23. The number of carbonyl (C=O) groups excluding carboxylic acids is 2. The minimum atomic E-state index is -0.838. The highest BCUT2D eigenvalue weighted by Gasteiger charge is 2.28. The van der Waals surface area contributed by atoms with Crippen LogP contribution in [0.25, 0.3) is 0 Å². The summed E-state index contributed by atoms with van der Waals surface area (Å²) in [5.41, 5.74) is 3.37. The van der Waals surface area contributed by atoms with Gasteiger partial charge in [0.1, 0.15) is 12.6 Å². The van der Waals surface area contributed by atoms with Crippen LogP contribution in [0.15, 0.2) is 109 Å². The van der Waals surface area contributed by atoms with E-state index in [1.54, 1.807) is 6.08 Å². The van der Waals surface area contributed by atoms with Crippen molar-refractivity contribution in [1.29, 1.82) is 0 Å². The molecule has 0 radical (unpaired) electrons. The normalized spacial score (nSPS) is 12.2. The molecule has 0 aliphatic carbocycles. The van der Waals surface area contributed by atoms with Gasteiger partial charge in [0.25, 0.3) is 0 Å². The first-order valence-electron chi connectivity index (χ1n) is 10.3. The van der Waals surface area contributed by atoms with Gasteiger partial charge in [0.15, 0.2) is 0 Å². The van der Waals surface area contributed by atoms with E-state index in [2.05, 4.69) is 16.6 Å². The van der Waals surface area contributed by atoms with Crippen molar-refractivity contribution in [3.8, 4) is 0 Å². The molecule has 0 spiro atoms. The first kappa shape index (κ1) is 22.7. The zero-order valence-electron chi connectivity index (χ0n) is 18.0. The van der Waals surface area contributed by atoms with Crippen LogP contribution in [0.1, 0.15) is 22.6 Å². The first-order valence-corrected chi connectivity index (χ1v) is 10.3. The van der Waals surface area contributed by atoms with Gasteiger partial charge in [-0.15, -0.1) is 6.58 Å². The Balaban J connectivity index is 2.10. The molecule has 5 heteroatoms. The lowest BCUT2D eigenvalue weighted by molar-refractivity contribution is -0.141. The number of ether oxygens (including phenoxy) is 1. The summed E-state index contributed by atoms with van der Waals surface area (Å²) in [6, 6.07) is 28.2. The van der Waals surface area contributed by atoms with Crippen LogP contribution >= 0.6 is 0 Å². The molecule has 3 aromatic carbocycles. The third kappa shape index (κ3) is 5.79. The van der Waals surface area contributed by atoms with Gasteiger partial charge in [-0.3, -0.25) is 14.6 Å². The molecule has 0 bridgehead atoms. The van der Waals surface area contributed by atoms with E-state index in [1.165, 1.54) is 7.11 Å². The average Bonchev–Trinajstić information content (AvgIpc) is 2.86. The Kier molecular flexibility index (Phi) is 8.09. The molecule has 5 nitrogen and oxygen atoms in total. The molecule has 0 saturated carbocycles. The van der Waals surface area contributed by atoms with Crippen molar-refractivity contribution in [3.63, 3.8) is 0 Å². The number of hydrogen-bond donors (Lipinski definition) is 1. The van der Waals surface area contributed by atoms with Crippen LogP contribution in [0.5, 0.6) is 0 Å². The van der Waals surface area contributed by atoms with E-state index in [9.17, 15) is 9.59 Å². The summed E-state index contributed by atoms with van der Waals surface area (Å²) in [5.74, 6) is -1.30. The van der Waals surface area contributed by atoms with Crippen LogP contribution in [0.4, 0.5) is 0 Å². The predicted molar refractivity (Wildman–Crippen MR) is 127 cm³/mol. The molecule has 3 aromatic rings. The van der Waals surface area contributed by atoms with Crippen molar-refractivity contribution in [2.75, 3.05) is 13.7 Å². The molecule has 0 heterocycles. The van der Waals surface area contributed by atoms with Gasteiger partial charge >= 0.3 is 5.97 Å². The molecule has 162 valence electrons. The Labute approximate surface area is 188 Å². The fourth-order valence-corrected chi connectivity index (χ4v) is 3.41. The van der Waals surface area contributed by atoms with Crippen molar-refractivity contribution >= 4 is 17.6 Å². The van der Waals surface area contributed by atoms with Crippen LogP contribution in [0.2, 0.25) is 0 Å². The highest BCUT2D eigenvalue weighted by Crippen LogP contribution is 2.25. The SMILES string of the molecule is C=C[C@@H](c1ccccc1)[C@H](N=C(c1ccccc1)c1ccccc1)C(=O)NCC(=O)OC. The average molecular weight is 427 g/mol. The van der Waals surface area contributed by atoms with Gasteiger partial charge in [-0.1, -0.05) is 97.1 Å². The summed E-state index contributed by atoms with van der Waals surface area (Å²) in [4.78, 5) is 29.8. The maximum Gasteiger partial charge on any atom is 0.325 e. The van der Waals surface area contributed by atoms with Gasteiger partial charge in [-0.25, -0.2) is 0 Å². The molecule has 3 rings (SSSR count). The molecule has 0 aromatic heterocycles. The van der Waals surface area contributed by atoms with Crippen LogP contribution < -0.4 is 5.32 Å². The van der Waals surface area contributed by atoms with E-state index in [0.717, 1.165) is 16.7 Å². The second-order valence-electron chi connectivity index (χ2n) is 7.12. The number of methoxy groups -OCH3 is 1. The Bertz CT molecular complexity index is 1020. The van der Waals surface area contributed by atoms with E-state index >= 15 is 0 Å². The molecule has 2 atom stereocenters. The summed E-state index contributed by atoms with van der Waals surface area (Å²) >= 11 is 0. The lowest BCUT2D eigenvalue weighted by atomic mass is 9.90. The molecule has 32 heavy (non-hydrogen) atoms. The topological polar surface area (TPSA) is 67.8 Å². The number of amides is 1. The maximum absolute atomic E-state index is 13.3. The van der Waals surface area contributed by atoms with E-state index in [0.29, 0.717) is 5.71 Å². The number of benzene rings is 3. The van der Waals surface area contributed by atoms with Gasteiger partial charge in [-0.2, -0.15) is 0 Å². The van der Waals surface area contributed by atoms with Crippen LogP contribution in [0.3, 0.4) is 0 Å². The van der Waals surface area contributed by atoms with E-state index in [-0.39, 0.29) is 12.5 Å². The quantitative estimate of drug-likeness (QED) is 0.318. The predicted octanol–water partition coefficient (Wildman–Crippen LogP) is 4.15. The zero-order valence-corrected chi connectivity index (χ0v) is 18.0. The minimum Gasteiger partial charge on any atom is -0.468 e. The number of carbonyl (C=O) groups is 2.